The van der Waals surface area contributed by atoms with E-state index in [4.69, 9.17) is 0 Å². The van der Waals surface area contributed by atoms with E-state index < -0.39 is 0 Å². The first-order chi connectivity index (χ1) is 9.97. The van der Waals surface area contributed by atoms with Crippen molar-refractivity contribution in [2.24, 2.45) is 0 Å². The van der Waals surface area contributed by atoms with Crippen molar-refractivity contribution in [3.63, 3.8) is 0 Å². The summed E-state index contributed by atoms with van der Waals surface area (Å²) in [4.78, 5) is 36.5. The van der Waals surface area contributed by atoms with Gasteiger partial charge in [0.25, 0.3) is 0 Å². The highest BCUT2D eigenvalue weighted by Gasteiger charge is 2.30. The number of carbonyl (C=O) groups excluding carboxylic acids is 3. The van der Waals surface area contributed by atoms with Crippen molar-refractivity contribution >= 4 is 23.3 Å². The molecule has 5 heteroatoms. The normalized spacial score (nSPS) is 13.6. The van der Waals surface area contributed by atoms with E-state index in [2.05, 4.69) is 5.32 Å². The molecule has 2 rings (SSSR count). The van der Waals surface area contributed by atoms with Crippen molar-refractivity contribution in [1.29, 1.82) is 0 Å². The van der Waals surface area contributed by atoms with Crippen molar-refractivity contribution in [3.8, 4) is 0 Å². The maximum atomic E-state index is 11.9. The summed E-state index contributed by atoms with van der Waals surface area (Å²) in [7, 11) is 0. The van der Waals surface area contributed by atoms with Crippen LogP contribution >= 0.6 is 0 Å². The van der Waals surface area contributed by atoms with Gasteiger partial charge in [-0.3, -0.25) is 14.4 Å². The molecule has 0 spiro atoms. The molecular formula is C16H20N2O3. The van der Waals surface area contributed by atoms with Gasteiger partial charge in [0, 0.05) is 37.2 Å². The quantitative estimate of drug-likeness (QED) is 0.816. The van der Waals surface area contributed by atoms with E-state index in [0.29, 0.717) is 23.8 Å². The van der Waals surface area contributed by atoms with E-state index in [1.807, 2.05) is 0 Å². The zero-order valence-corrected chi connectivity index (χ0v) is 12.4. The molecule has 0 atom stereocenters. The number of nitrogens with zero attached hydrogens (tertiary/aromatic N) is 1. The Hall–Kier alpha value is -2.17. The van der Waals surface area contributed by atoms with Crippen LogP contribution in [-0.4, -0.2) is 35.1 Å². The number of nitrogens with one attached hydrogen (secondary N) is 1. The molecule has 0 saturated heterocycles. The van der Waals surface area contributed by atoms with Gasteiger partial charge in [-0.1, -0.05) is 12.1 Å². The molecule has 1 aromatic rings. The Morgan fingerprint density at radius 3 is 2.52 bits per heavy atom. The van der Waals surface area contributed by atoms with Crippen LogP contribution in [0, 0.1) is 0 Å². The van der Waals surface area contributed by atoms with Gasteiger partial charge < -0.3 is 10.2 Å². The van der Waals surface area contributed by atoms with Gasteiger partial charge in [0.2, 0.25) is 11.8 Å². The number of hydrogen-bond acceptors (Lipinski definition) is 3. The second kappa shape index (κ2) is 6.52. The van der Waals surface area contributed by atoms with E-state index in [9.17, 15) is 14.4 Å². The molecule has 5 nitrogen and oxygen atoms in total. The summed E-state index contributed by atoms with van der Waals surface area (Å²) in [5.74, 6) is -0.172. The standard InChI is InChI=1S/C16H20N2O3/c1-11(19)13-4-3-5-14(10-13)17-16(21)8-9-18(12(2)20)15-6-7-15/h3-5,10,15H,6-9H2,1-2H3,(H,17,21). The monoisotopic (exact) mass is 288 g/mol. The van der Waals surface area contributed by atoms with E-state index >= 15 is 0 Å². The fourth-order valence-electron chi connectivity index (χ4n) is 2.24. The highest BCUT2D eigenvalue weighted by Crippen LogP contribution is 2.26. The van der Waals surface area contributed by atoms with Gasteiger partial charge in [0.1, 0.15) is 0 Å². The Morgan fingerprint density at radius 1 is 1.24 bits per heavy atom. The lowest BCUT2D eigenvalue weighted by Gasteiger charge is -2.20. The van der Waals surface area contributed by atoms with Crippen LogP contribution in [0.5, 0.6) is 0 Å². The minimum Gasteiger partial charge on any atom is -0.339 e. The molecule has 2 amide bonds. The predicted molar refractivity (Wildman–Crippen MR) is 80.1 cm³/mol. The van der Waals surface area contributed by atoms with Crippen LogP contribution in [0.15, 0.2) is 24.3 Å². The summed E-state index contributed by atoms with van der Waals surface area (Å²) < 4.78 is 0. The summed E-state index contributed by atoms with van der Waals surface area (Å²) in [6, 6.07) is 7.16. The molecule has 1 aliphatic carbocycles. The van der Waals surface area contributed by atoms with Gasteiger partial charge in [-0.15, -0.1) is 0 Å². The van der Waals surface area contributed by atoms with Gasteiger partial charge in [-0.2, -0.15) is 0 Å². The average molecular weight is 288 g/mol. The van der Waals surface area contributed by atoms with E-state index in [-0.39, 0.29) is 24.0 Å². The maximum absolute atomic E-state index is 11.9. The van der Waals surface area contributed by atoms with Crippen molar-refractivity contribution in [3.05, 3.63) is 29.8 Å². The van der Waals surface area contributed by atoms with Crippen molar-refractivity contribution in [2.45, 2.75) is 39.2 Å². The van der Waals surface area contributed by atoms with Crippen molar-refractivity contribution in [2.75, 3.05) is 11.9 Å². The number of anilines is 1. The fourth-order valence-corrected chi connectivity index (χ4v) is 2.24. The highest BCUT2D eigenvalue weighted by molar-refractivity contribution is 5.97. The zero-order chi connectivity index (χ0) is 15.4. The van der Waals surface area contributed by atoms with Crippen LogP contribution in [0.3, 0.4) is 0 Å². The minimum absolute atomic E-state index is 0.0175. The number of Topliss-reactive ketones (excluding diaryl/α,β-unsaturated/α-hetero) is 1. The molecule has 0 aromatic heterocycles. The largest absolute Gasteiger partial charge is 0.339 e. The molecule has 0 unspecified atom stereocenters. The summed E-state index contributed by atoms with van der Waals surface area (Å²) in [6.07, 6.45) is 2.32. The molecule has 0 heterocycles. The Balaban J connectivity index is 1.88. The molecule has 1 aliphatic rings. The molecular weight excluding hydrogens is 268 g/mol. The Morgan fingerprint density at radius 2 is 1.95 bits per heavy atom. The number of ketones is 1. The summed E-state index contributed by atoms with van der Waals surface area (Å²) in [5.41, 5.74) is 1.17. The van der Waals surface area contributed by atoms with Crippen LogP contribution in [0.25, 0.3) is 0 Å². The van der Waals surface area contributed by atoms with E-state index in [1.54, 1.807) is 29.2 Å². The number of carbonyl (C=O) groups is 3. The molecule has 1 N–H and O–H groups in total. The first-order valence-corrected chi connectivity index (χ1v) is 7.15. The van der Waals surface area contributed by atoms with Gasteiger partial charge in [0.15, 0.2) is 5.78 Å². The molecule has 21 heavy (non-hydrogen) atoms. The molecule has 1 saturated carbocycles. The second-order valence-corrected chi connectivity index (χ2v) is 5.38. The van der Waals surface area contributed by atoms with Crippen LogP contribution in [0.1, 0.15) is 43.5 Å². The lowest BCUT2D eigenvalue weighted by molar-refractivity contribution is -0.129. The topological polar surface area (TPSA) is 66.5 Å². The Kier molecular flexibility index (Phi) is 4.73. The number of hydrogen-bond donors (Lipinski definition) is 1. The van der Waals surface area contributed by atoms with Crippen molar-refractivity contribution < 1.29 is 14.4 Å². The third-order valence-electron chi connectivity index (χ3n) is 3.52. The maximum Gasteiger partial charge on any atom is 0.226 e. The number of amides is 2. The van der Waals surface area contributed by atoms with E-state index in [0.717, 1.165) is 12.8 Å². The lowest BCUT2D eigenvalue weighted by Crippen LogP contribution is -2.33. The highest BCUT2D eigenvalue weighted by atomic mass is 16.2. The number of benzene rings is 1. The first-order valence-electron chi connectivity index (χ1n) is 7.15. The van der Waals surface area contributed by atoms with Gasteiger partial charge >= 0.3 is 0 Å². The van der Waals surface area contributed by atoms with Gasteiger partial charge in [-0.25, -0.2) is 0 Å². The van der Waals surface area contributed by atoms with Crippen LogP contribution in [0.4, 0.5) is 5.69 Å². The summed E-state index contributed by atoms with van der Waals surface area (Å²) in [5, 5.41) is 2.76. The minimum atomic E-state index is -0.150. The Bertz CT molecular complexity index is 564. The fraction of sp³-hybridized carbons (Fsp3) is 0.438. The first kappa shape index (κ1) is 15.2. The predicted octanol–water partition coefficient (Wildman–Crippen LogP) is 2.23. The summed E-state index contributed by atoms with van der Waals surface area (Å²) in [6.45, 7) is 3.46. The average Bonchev–Trinajstić information content (AvgIpc) is 3.23. The Labute approximate surface area is 124 Å². The molecule has 1 fully saturated rings. The van der Waals surface area contributed by atoms with Crippen LogP contribution < -0.4 is 5.32 Å². The zero-order valence-electron chi connectivity index (χ0n) is 12.4. The number of rotatable bonds is 6. The van der Waals surface area contributed by atoms with Crippen LogP contribution in [-0.2, 0) is 9.59 Å². The lowest BCUT2D eigenvalue weighted by atomic mass is 10.1. The molecule has 0 radical (unpaired) electrons. The van der Waals surface area contributed by atoms with Gasteiger partial charge in [-0.05, 0) is 31.9 Å². The smallest absolute Gasteiger partial charge is 0.226 e. The third kappa shape index (κ3) is 4.41. The SMILES string of the molecule is CC(=O)c1cccc(NC(=O)CCN(C(C)=O)C2CC2)c1. The van der Waals surface area contributed by atoms with E-state index in [1.165, 1.54) is 13.8 Å². The second-order valence-electron chi connectivity index (χ2n) is 5.38. The molecule has 1 aromatic carbocycles. The summed E-state index contributed by atoms with van der Waals surface area (Å²) >= 11 is 0. The van der Waals surface area contributed by atoms with Gasteiger partial charge in [0.05, 0.1) is 0 Å². The molecule has 112 valence electrons. The van der Waals surface area contributed by atoms with Crippen LogP contribution in [0.2, 0.25) is 0 Å². The van der Waals surface area contributed by atoms with Crippen molar-refractivity contribution in [1.82, 2.24) is 4.90 Å². The molecule has 0 bridgehead atoms. The third-order valence-corrected chi connectivity index (χ3v) is 3.52. The molecule has 0 aliphatic heterocycles.